The Kier molecular flexibility index (Phi) is 6.18. The van der Waals surface area contributed by atoms with Gasteiger partial charge in [0, 0.05) is 6.42 Å². The molecule has 0 spiro atoms. The summed E-state index contributed by atoms with van der Waals surface area (Å²) in [5, 5.41) is 0. The molecule has 1 heterocycles. The van der Waals surface area contributed by atoms with Crippen LogP contribution in [0.1, 0.15) is 60.3 Å². The van der Waals surface area contributed by atoms with E-state index < -0.39 is 5.60 Å². The van der Waals surface area contributed by atoms with E-state index >= 15 is 0 Å². The fourth-order valence-electron chi connectivity index (χ4n) is 2.48. The maximum atomic E-state index is 12.1. The van der Waals surface area contributed by atoms with Gasteiger partial charge in [0.05, 0.1) is 12.0 Å². The van der Waals surface area contributed by atoms with Gasteiger partial charge in [-0.2, -0.15) is 0 Å². The number of esters is 1. The lowest BCUT2D eigenvalue weighted by Gasteiger charge is -2.29. The molecule has 1 rings (SSSR count). The molecular weight excluding hydrogens is 256 g/mol. The number of ketones is 1. The first-order valence-corrected chi connectivity index (χ1v) is 7.59. The second-order valence-corrected chi connectivity index (χ2v) is 6.74. The van der Waals surface area contributed by atoms with Gasteiger partial charge in [-0.1, -0.05) is 13.8 Å². The third kappa shape index (κ3) is 5.61. The SMILES string of the molecule is CCC1CCC(C(C)C(=O)OC(C)(C)C)CC(=O)CO1. The molecule has 0 bridgehead atoms. The summed E-state index contributed by atoms with van der Waals surface area (Å²) in [5.41, 5.74) is -0.480. The van der Waals surface area contributed by atoms with Crippen molar-refractivity contribution in [2.45, 2.75) is 72.0 Å². The number of carbonyl (C=O) groups excluding carboxylic acids is 2. The summed E-state index contributed by atoms with van der Waals surface area (Å²) in [6.45, 7) is 9.69. The molecule has 1 saturated heterocycles. The second kappa shape index (κ2) is 7.21. The summed E-state index contributed by atoms with van der Waals surface area (Å²) in [6, 6.07) is 0. The van der Waals surface area contributed by atoms with E-state index in [0.29, 0.717) is 6.42 Å². The third-order valence-corrected chi connectivity index (χ3v) is 3.77. The Morgan fingerprint density at radius 3 is 2.60 bits per heavy atom. The fourth-order valence-corrected chi connectivity index (χ4v) is 2.48. The summed E-state index contributed by atoms with van der Waals surface area (Å²) in [7, 11) is 0. The third-order valence-electron chi connectivity index (χ3n) is 3.77. The molecule has 1 aliphatic rings. The van der Waals surface area contributed by atoms with Gasteiger partial charge in [0.1, 0.15) is 12.2 Å². The minimum absolute atomic E-state index is 0.0651. The minimum Gasteiger partial charge on any atom is -0.460 e. The zero-order valence-electron chi connectivity index (χ0n) is 13.4. The molecule has 0 radical (unpaired) electrons. The van der Waals surface area contributed by atoms with Crippen molar-refractivity contribution in [1.82, 2.24) is 0 Å². The van der Waals surface area contributed by atoms with Gasteiger partial charge in [-0.15, -0.1) is 0 Å². The van der Waals surface area contributed by atoms with Crippen molar-refractivity contribution in [3.8, 4) is 0 Å². The van der Waals surface area contributed by atoms with Crippen LogP contribution in [0.4, 0.5) is 0 Å². The monoisotopic (exact) mass is 284 g/mol. The van der Waals surface area contributed by atoms with Gasteiger partial charge in [-0.25, -0.2) is 0 Å². The molecule has 3 atom stereocenters. The van der Waals surface area contributed by atoms with Crippen LogP contribution in [0.25, 0.3) is 0 Å². The highest BCUT2D eigenvalue weighted by Gasteiger charge is 2.31. The predicted molar refractivity (Wildman–Crippen MR) is 77.4 cm³/mol. The maximum Gasteiger partial charge on any atom is 0.309 e. The van der Waals surface area contributed by atoms with Crippen LogP contribution in [0.5, 0.6) is 0 Å². The van der Waals surface area contributed by atoms with Gasteiger partial charge >= 0.3 is 5.97 Å². The Bertz CT molecular complexity index is 343. The largest absolute Gasteiger partial charge is 0.460 e. The average Bonchev–Trinajstić information content (AvgIpc) is 2.31. The maximum absolute atomic E-state index is 12.1. The molecule has 0 aliphatic carbocycles. The van der Waals surface area contributed by atoms with E-state index in [1.165, 1.54) is 0 Å². The van der Waals surface area contributed by atoms with Crippen LogP contribution >= 0.6 is 0 Å². The molecule has 116 valence electrons. The Hall–Kier alpha value is -0.900. The highest BCUT2D eigenvalue weighted by molar-refractivity contribution is 5.81. The number of hydrogen-bond acceptors (Lipinski definition) is 4. The van der Waals surface area contributed by atoms with Gasteiger partial charge in [0.2, 0.25) is 0 Å². The Morgan fingerprint density at radius 1 is 1.40 bits per heavy atom. The van der Waals surface area contributed by atoms with Gasteiger partial charge < -0.3 is 9.47 Å². The molecule has 0 aromatic carbocycles. The van der Waals surface area contributed by atoms with E-state index in [0.717, 1.165) is 19.3 Å². The molecule has 3 unspecified atom stereocenters. The number of hydrogen-bond donors (Lipinski definition) is 0. The lowest BCUT2D eigenvalue weighted by Crippen LogP contribution is -2.34. The molecule has 1 fully saturated rings. The molecule has 4 heteroatoms. The van der Waals surface area contributed by atoms with Crippen molar-refractivity contribution in [3.05, 3.63) is 0 Å². The van der Waals surface area contributed by atoms with Crippen LogP contribution in [0.15, 0.2) is 0 Å². The zero-order chi connectivity index (χ0) is 15.3. The van der Waals surface area contributed by atoms with Gasteiger partial charge in [0.15, 0.2) is 5.78 Å². The zero-order valence-corrected chi connectivity index (χ0v) is 13.4. The Morgan fingerprint density at radius 2 is 2.05 bits per heavy atom. The molecule has 4 nitrogen and oxygen atoms in total. The van der Waals surface area contributed by atoms with E-state index in [-0.39, 0.29) is 36.3 Å². The lowest BCUT2D eigenvalue weighted by molar-refractivity contribution is -0.162. The lowest BCUT2D eigenvalue weighted by atomic mass is 9.84. The summed E-state index contributed by atoms with van der Waals surface area (Å²) in [5.74, 6) is -0.294. The summed E-state index contributed by atoms with van der Waals surface area (Å²) in [6.07, 6.45) is 3.19. The van der Waals surface area contributed by atoms with Crippen molar-refractivity contribution >= 4 is 11.8 Å². The first-order valence-electron chi connectivity index (χ1n) is 7.59. The van der Waals surface area contributed by atoms with E-state index in [4.69, 9.17) is 9.47 Å². The van der Waals surface area contributed by atoms with Crippen LogP contribution < -0.4 is 0 Å². The van der Waals surface area contributed by atoms with Gasteiger partial charge in [0.25, 0.3) is 0 Å². The van der Waals surface area contributed by atoms with E-state index in [1.54, 1.807) is 0 Å². The quantitative estimate of drug-likeness (QED) is 0.747. The predicted octanol–water partition coefficient (Wildman–Crippen LogP) is 3.13. The molecule has 0 amide bonds. The highest BCUT2D eigenvalue weighted by Crippen LogP contribution is 2.28. The van der Waals surface area contributed by atoms with Crippen molar-refractivity contribution in [3.63, 3.8) is 0 Å². The van der Waals surface area contributed by atoms with Crippen LogP contribution in [0.2, 0.25) is 0 Å². The molecule has 0 aromatic heterocycles. The standard InChI is InChI=1S/C16H28O4/c1-6-14-8-7-12(9-13(17)10-19-14)11(2)15(18)20-16(3,4)5/h11-12,14H,6-10H2,1-5H3. The number of Topliss-reactive ketones (excluding diaryl/α,β-unsaturated/α-hetero) is 1. The van der Waals surface area contributed by atoms with Crippen LogP contribution in [-0.2, 0) is 19.1 Å². The van der Waals surface area contributed by atoms with Gasteiger partial charge in [-0.05, 0) is 46.0 Å². The first-order chi connectivity index (χ1) is 9.23. The van der Waals surface area contributed by atoms with E-state index in [9.17, 15) is 9.59 Å². The minimum atomic E-state index is -0.480. The number of ether oxygens (including phenoxy) is 2. The number of carbonyl (C=O) groups is 2. The average molecular weight is 284 g/mol. The van der Waals surface area contributed by atoms with Crippen molar-refractivity contribution in [1.29, 1.82) is 0 Å². The normalized spacial score (nSPS) is 26.6. The molecule has 1 aliphatic heterocycles. The molecule has 20 heavy (non-hydrogen) atoms. The van der Waals surface area contributed by atoms with Crippen molar-refractivity contribution in [2.24, 2.45) is 11.8 Å². The van der Waals surface area contributed by atoms with Crippen LogP contribution in [-0.4, -0.2) is 30.1 Å². The topological polar surface area (TPSA) is 52.6 Å². The van der Waals surface area contributed by atoms with Crippen molar-refractivity contribution in [2.75, 3.05) is 6.61 Å². The molecular formula is C16H28O4. The highest BCUT2D eigenvalue weighted by atomic mass is 16.6. The first kappa shape index (κ1) is 17.2. The molecule has 0 saturated carbocycles. The smallest absolute Gasteiger partial charge is 0.309 e. The Labute approximate surface area is 122 Å². The van der Waals surface area contributed by atoms with Crippen molar-refractivity contribution < 1.29 is 19.1 Å². The summed E-state index contributed by atoms with van der Waals surface area (Å²) in [4.78, 5) is 24.0. The number of rotatable bonds is 3. The van der Waals surface area contributed by atoms with Crippen LogP contribution in [0.3, 0.4) is 0 Å². The molecule has 0 N–H and O–H groups in total. The molecule has 0 aromatic rings. The second-order valence-electron chi connectivity index (χ2n) is 6.74. The van der Waals surface area contributed by atoms with E-state index in [2.05, 4.69) is 6.92 Å². The van der Waals surface area contributed by atoms with E-state index in [1.807, 2.05) is 27.7 Å². The Balaban J connectivity index is 2.66. The van der Waals surface area contributed by atoms with Gasteiger partial charge in [-0.3, -0.25) is 9.59 Å². The summed E-state index contributed by atoms with van der Waals surface area (Å²) < 4.78 is 11.0. The fraction of sp³-hybridized carbons (Fsp3) is 0.875. The van der Waals surface area contributed by atoms with Crippen LogP contribution in [0, 0.1) is 11.8 Å². The summed E-state index contributed by atoms with van der Waals surface area (Å²) >= 11 is 0.